The van der Waals surface area contributed by atoms with E-state index in [1.807, 2.05) is 43.0 Å². The van der Waals surface area contributed by atoms with E-state index in [4.69, 9.17) is 10.5 Å². The van der Waals surface area contributed by atoms with Gasteiger partial charge in [0, 0.05) is 22.6 Å². The van der Waals surface area contributed by atoms with E-state index in [0.29, 0.717) is 5.92 Å². The number of hydrogen-bond acceptors (Lipinski definition) is 3. The SMILES string of the molecule is C[C@H](N)c1cccc(OCC2CSc3ccccc32)c1. The van der Waals surface area contributed by atoms with Gasteiger partial charge >= 0.3 is 0 Å². The highest BCUT2D eigenvalue weighted by Gasteiger charge is 2.23. The van der Waals surface area contributed by atoms with Crippen molar-refractivity contribution < 1.29 is 4.74 Å². The molecule has 104 valence electrons. The van der Waals surface area contributed by atoms with E-state index in [9.17, 15) is 0 Å². The van der Waals surface area contributed by atoms with Crippen LogP contribution in [0.15, 0.2) is 53.4 Å². The first-order valence-corrected chi connectivity index (χ1v) is 7.92. The molecule has 0 saturated carbocycles. The number of thioether (sulfide) groups is 1. The third-order valence-corrected chi connectivity index (χ3v) is 4.89. The van der Waals surface area contributed by atoms with Gasteiger partial charge in [-0.3, -0.25) is 0 Å². The molecule has 0 saturated heterocycles. The largest absolute Gasteiger partial charge is 0.493 e. The molecule has 0 aromatic heterocycles. The normalized spacial score (nSPS) is 18.6. The van der Waals surface area contributed by atoms with Crippen molar-refractivity contribution >= 4 is 11.8 Å². The Morgan fingerprint density at radius 3 is 2.95 bits per heavy atom. The molecule has 2 N–H and O–H groups in total. The lowest BCUT2D eigenvalue weighted by molar-refractivity contribution is 0.297. The van der Waals surface area contributed by atoms with Crippen molar-refractivity contribution in [3.8, 4) is 5.75 Å². The monoisotopic (exact) mass is 285 g/mol. The fraction of sp³-hybridized carbons (Fsp3) is 0.294. The lowest BCUT2D eigenvalue weighted by Crippen LogP contribution is -2.10. The third kappa shape index (κ3) is 2.84. The third-order valence-electron chi connectivity index (χ3n) is 3.63. The predicted octanol–water partition coefficient (Wildman–Crippen LogP) is 3.97. The molecular formula is C17H19NOS. The van der Waals surface area contributed by atoms with Crippen LogP contribution in [0.1, 0.15) is 30.0 Å². The predicted molar refractivity (Wildman–Crippen MR) is 84.4 cm³/mol. The van der Waals surface area contributed by atoms with Crippen molar-refractivity contribution in [2.24, 2.45) is 5.73 Å². The van der Waals surface area contributed by atoms with E-state index >= 15 is 0 Å². The summed E-state index contributed by atoms with van der Waals surface area (Å²) in [5, 5.41) is 0. The second-order valence-electron chi connectivity index (χ2n) is 5.22. The molecule has 1 aliphatic heterocycles. The van der Waals surface area contributed by atoms with Crippen molar-refractivity contribution in [3.63, 3.8) is 0 Å². The average molecular weight is 285 g/mol. The second kappa shape index (κ2) is 5.90. The van der Waals surface area contributed by atoms with Crippen molar-refractivity contribution in [2.75, 3.05) is 12.4 Å². The van der Waals surface area contributed by atoms with E-state index in [-0.39, 0.29) is 6.04 Å². The van der Waals surface area contributed by atoms with Crippen LogP contribution in [0.2, 0.25) is 0 Å². The van der Waals surface area contributed by atoms with Gasteiger partial charge in [-0.05, 0) is 36.2 Å². The highest BCUT2D eigenvalue weighted by molar-refractivity contribution is 7.99. The van der Waals surface area contributed by atoms with Crippen LogP contribution in [0.3, 0.4) is 0 Å². The number of hydrogen-bond donors (Lipinski definition) is 1. The molecule has 2 aromatic rings. The van der Waals surface area contributed by atoms with Crippen molar-refractivity contribution in [2.45, 2.75) is 23.8 Å². The molecule has 0 radical (unpaired) electrons. The Labute approximate surface area is 124 Å². The van der Waals surface area contributed by atoms with Gasteiger partial charge in [0.1, 0.15) is 5.75 Å². The van der Waals surface area contributed by atoms with E-state index in [2.05, 4.69) is 24.3 Å². The Balaban J connectivity index is 1.67. The lowest BCUT2D eigenvalue weighted by Gasteiger charge is -2.14. The molecule has 0 amide bonds. The van der Waals surface area contributed by atoms with Gasteiger partial charge in [-0.2, -0.15) is 0 Å². The molecule has 0 fully saturated rings. The second-order valence-corrected chi connectivity index (χ2v) is 6.28. The molecular weight excluding hydrogens is 266 g/mol. The van der Waals surface area contributed by atoms with Gasteiger partial charge in [-0.25, -0.2) is 0 Å². The number of rotatable bonds is 4. The summed E-state index contributed by atoms with van der Waals surface area (Å²) in [4.78, 5) is 1.39. The summed E-state index contributed by atoms with van der Waals surface area (Å²) >= 11 is 1.92. The van der Waals surface area contributed by atoms with Gasteiger partial charge in [0.05, 0.1) is 6.61 Å². The molecule has 2 atom stereocenters. The van der Waals surface area contributed by atoms with Crippen LogP contribution in [0, 0.1) is 0 Å². The van der Waals surface area contributed by atoms with E-state index in [1.54, 1.807) is 0 Å². The summed E-state index contributed by atoms with van der Waals surface area (Å²) in [5.74, 6) is 2.50. The molecule has 0 bridgehead atoms. The molecule has 20 heavy (non-hydrogen) atoms. The quantitative estimate of drug-likeness (QED) is 0.923. The summed E-state index contributed by atoms with van der Waals surface area (Å²) in [5.41, 5.74) is 8.44. The minimum Gasteiger partial charge on any atom is -0.493 e. The van der Waals surface area contributed by atoms with Crippen LogP contribution in [0.25, 0.3) is 0 Å². The zero-order valence-electron chi connectivity index (χ0n) is 11.6. The molecule has 3 heteroatoms. The molecule has 2 nitrogen and oxygen atoms in total. The van der Waals surface area contributed by atoms with Crippen LogP contribution >= 0.6 is 11.8 Å². The number of fused-ring (bicyclic) bond motifs is 1. The molecule has 2 aromatic carbocycles. The zero-order chi connectivity index (χ0) is 13.9. The van der Waals surface area contributed by atoms with E-state index in [1.165, 1.54) is 10.5 Å². The van der Waals surface area contributed by atoms with Gasteiger partial charge < -0.3 is 10.5 Å². The average Bonchev–Trinajstić information content (AvgIpc) is 2.89. The topological polar surface area (TPSA) is 35.2 Å². The van der Waals surface area contributed by atoms with Gasteiger partial charge in [0.15, 0.2) is 0 Å². The maximum Gasteiger partial charge on any atom is 0.119 e. The standard InChI is InChI=1S/C17H19NOS/c1-12(18)13-5-4-6-15(9-13)19-10-14-11-20-17-8-3-2-7-16(14)17/h2-9,12,14H,10-11,18H2,1H3/t12-,14?/m0/s1. The van der Waals surface area contributed by atoms with Crippen LogP contribution in [0.5, 0.6) is 5.75 Å². The Hall–Kier alpha value is -1.45. The minimum atomic E-state index is 0.0429. The lowest BCUT2D eigenvalue weighted by atomic mass is 10.0. The van der Waals surface area contributed by atoms with Crippen LogP contribution in [-0.2, 0) is 0 Å². The number of benzene rings is 2. The summed E-state index contributed by atoms with van der Waals surface area (Å²) in [6.07, 6.45) is 0. The first-order valence-electron chi connectivity index (χ1n) is 6.94. The molecule has 1 unspecified atom stereocenters. The number of nitrogens with two attached hydrogens (primary N) is 1. The number of ether oxygens (including phenoxy) is 1. The van der Waals surface area contributed by atoms with Crippen molar-refractivity contribution in [3.05, 3.63) is 59.7 Å². The summed E-state index contributed by atoms with van der Waals surface area (Å²) in [7, 11) is 0. The molecule has 1 heterocycles. The molecule has 1 aliphatic rings. The fourth-order valence-corrected chi connectivity index (χ4v) is 3.68. The van der Waals surface area contributed by atoms with Crippen molar-refractivity contribution in [1.82, 2.24) is 0 Å². The fourth-order valence-electron chi connectivity index (χ4n) is 2.45. The maximum atomic E-state index is 5.97. The van der Waals surface area contributed by atoms with E-state index in [0.717, 1.165) is 23.7 Å². The Kier molecular flexibility index (Phi) is 3.99. The maximum absolute atomic E-state index is 5.97. The Morgan fingerprint density at radius 2 is 2.10 bits per heavy atom. The van der Waals surface area contributed by atoms with E-state index < -0.39 is 0 Å². The van der Waals surface area contributed by atoms with Gasteiger partial charge in [0.25, 0.3) is 0 Å². The highest BCUT2D eigenvalue weighted by Crippen LogP contribution is 2.39. The smallest absolute Gasteiger partial charge is 0.119 e. The Morgan fingerprint density at radius 1 is 1.25 bits per heavy atom. The summed E-state index contributed by atoms with van der Waals surface area (Å²) in [6, 6.07) is 16.7. The first-order chi connectivity index (χ1) is 9.74. The zero-order valence-corrected chi connectivity index (χ0v) is 12.4. The van der Waals surface area contributed by atoms with Crippen molar-refractivity contribution in [1.29, 1.82) is 0 Å². The summed E-state index contributed by atoms with van der Waals surface area (Å²) in [6.45, 7) is 2.72. The Bertz CT molecular complexity index is 597. The summed E-state index contributed by atoms with van der Waals surface area (Å²) < 4.78 is 5.97. The van der Waals surface area contributed by atoms with Gasteiger partial charge in [0.2, 0.25) is 0 Å². The van der Waals surface area contributed by atoms with Crippen LogP contribution < -0.4 is 10.5 Å². The molecule has 0 spiro atoms. The first kappa shape index (κ1) is 13.5. The molecule has 0 aliphatic carbocycles. The van der Waals surface area contributed by atoms with Gasteiger partial charge in [-0.15, -0.1) is 11.8 Å². The molecule has 3 rings (SSSR count). The highest BCUT2D eigenvalue weighted by atomic mass is 32.2. The van der Waals surface area contributed by atoms with Crippen LogP contribution in [-0.4, -0.2) is 12.4 Å². The minimum absolute atomic E-state index is 0.0429. The van der Waals surface area contributed by atoms with Gasteiger partial charge in [-0.1, -0.05) is 30.3 Å². The van der Waals surface area contributed by atoms with Crippen LogP contribution in [0.4, 0.5) is 0 Å².